The third kappa shape index (κ3) is 7.11. The molecular weight excluding hydrogens is 447 g/mol. The number of alkyl halides is 3. The van der Waals surface area contributed by atoms with Gasteiger partial charge in [0, 0.05) is 25.3 Å². The Labute approximate surface area is 198 Å². The van der Waals surface area contributed by atoms with E-state index in [9.17, 15) is 23.1 Å². The number of halogens is 3. The van der Waals surface area contributed by atoms with Crippen molar-refractivity contribution >= 4 is 11.7 Å². The van der Waals surface area contributed by atoms with Crippen LogP contribution in [-0.2, 0) is 6.42 Å². The maximum Gasteiger partial charge on any atom is 0.573 e. The number of urea groups is 1. The summed E-state index contributed by atoms with van der Waals surface area (Å²) in [6.07, 6.45) is -2.98. The number of likely N-dealkylation sites (tertiary alicyclic amines) is 1. The number of aliphatic hydroxyl groups is 1. The fourth-order valence-electron chi connectivity index (χ4n) is 4.59. The van der Waals surface area contributed by atoms with Crippen molar-refractivity contribution in [1.29, 1.82) is 0 Å². The third-order valence-electron chi connectivity index (χ3n) is 6.39. The highest BCUT2D eigenvalue weighted by Crippen LogP contribution is 2.33. The number of hydrogen-bond donors (Lipinski definition) is 2. The molecule has 186 valence electrons. The number of hydrogen-bond acceptors (Lipinski definition) is 4. The van der Waals surface area contributed by atoms with Gasteiger partial charge in [0.05, 0.1) is 12.6 Å². The minimum absolute atomic E-state index is 0.115. The molecular formula is C25H32F3N3O3. The number of ether oxygens (including phenoxy) is 1. The van der Waals surface area contributed by atoms with E-state index in [1.807, 2.05) is 18.2 Å². The minimum atomic E-state index is -4.77. The Bertz CT molecular complexity index is 909. The number of aliphatic hydroxyl groups excluding tert-OH is 1. The van der Waals surface area contributed by atoms with E-state index in [1.54, 1.807) is 4.90 Å². The first-order valence-corrected chi connectivity index (χ1v) is 11.5. The summed E-state index contributed by atoms with van der Waals surface area (Å²) in [4.78, 5) is 16.9. The summed E-state index contributed by atoms with van der Waals surface area (Å²) in [6.45, 7) is 4.06. The van der Waals surface area contributed by atoms with Crippen LogP contribution in [0.3, 0.4) is 0 Å². The lowest BCUT2D eigenvalue weighted by molar-refractivity contribution is -0.274. The molecule has 0 bridgehead atoms. The van der Waals surface area contributed by atoms with Crippen LogP contribution < -0.4 is 10.1 Å². The topological polar surface area (TPSA) is 65.0 Å². The van der Waals surface area contributed by atoms with Gasteiger partial charge in [0.2, 0.25) is 0 Å². The van der Waals surface area contributed by atoms with Crippen molar-refractivity contribution in [3.8, 4) is 5.75 Å². The standard InChI is InChI=1S/C25H32F3N3O3/c1-3-19-15-31(24(33)29-20-9-11-21(12-10-20)34-25(26,27)28)23(17-32)22(19)16-30(2)14-13-18-7-5-4-6-8-18/h4-12,19,22-23,32H,3,13-17H2,1-2H3,(H,29,33)/t19-,22-,23-/m1/s1. The van der Waals surface area contributed by atoms with Gasteiger partial charge in [-0.05, 0) is 55.1 Å². The summed E-state index contributed by atoms with van der Waals surface area (Å²) in [6, 6.07) is 14.5. The first-order chi connectivity index (χ1) is 16.2. The second-order valence-electron chi connectivity index (χ2n) is 8.73. The van der Waals surface area contributed by atoms with Crippen LogP contribution in [0.15, 0.2) is 54.6 Å². The maximum absolute atomic E-state index is 13.0. The molecule has 9 heteroatoms. The Morgan fingerprint density at radius 3 is 2.44 bits per heavy atom. The first-order valence-electron chi connectivity index (χ1n) is 11.5. The molecule has 0 aromatic heterocycles. The summed E-state index contributed by atoms with van der Waals surface area (Å²) in [7, 11) is 2.05. The van der Waals surface area contributed by atoms with E-state index < -0.39 is 6.36 Å². The van der Waals surface area contributed by atoms with Gasteiger partial charge in [-0.25, -0.2) is 4.79 Å². The molecule has 0 saturated carbocycles. The van der Waals surface area contributed by atoms with Crippen molar-refractivity contribution in [3.63, 3.8) is 0 Å². The molecule has 3 atom stereocenters. The van der Waals surface area contributed by atoms with E-state index in [0.717, 1.165) is 38.1 Å². The van der Waals surface area contributed by atoms with Gasteiger partial charge in [-0.2, -0.15) is 0 Å². The van der Waals surface area contributed by atoms with Crippen molar-refractivity contribution in [2.75, 3.05) is 38.6 Å². The summed E-state index contributed by atoms with van der Waals surface area (Å²) in [5.74, 6) is -0.00159. The largest absolute Gasteiger partial charge is 0.573 e. The van der Waals surface area contributed by atoms with Crippen LogP contribution in [-0.4, -0.2) is 66.6 Å². The highest BCUT2D eigenvalue weighted by molar-refractivity contribution is 5.89. The first kappa shape index (κ1) is 25.8. The summed E-state index contributed by atoms with van der Waals surface area (Å²) >= 11 is 0. The van der Waals surface area contributed by atoms with Gasteiger partial charge in [0.1, 0.15) is 5.75 Å². The molecule has 1 aliphatic heterocycles. The molecule has 1 saturated heterocycles. The third-order valence-corrected chi connectivity index (χ3v) is 6.39. The number of likely N-dealkylation sites (N-methyl/N-ethyl adjacent to an activating group) is 1. The van der Waals surface area contributed by atoms with Crippen LogP contribution in [0.25, 0.3) is 0 Å². The smallest absolute Gasteiger partial charge is 0.406 e. The summed E-state index contributed by atoms with van der Waals surface area (Å²) in [5.41, 5.74) is 1.62. The van der Waals surface area contributed by atoms with E-state index in [0.29, 0.717) is 12.2 Å². The number of anilines is 1. The molecule has 2 N–H and O–H groups in total. The molecule has 3 rings (SSSR count). The Balaban J connectivity index is 1.60. The average molecular weight is 480 g/mol. The van der Waals surface area contributed by atoms with E-state index in [-0.39, 0.29) is 36.3 Å². The van der Waals surface area contributed by atoms with Crippen molar-refractivity contribution in [2.24, 2.45) is 11.8 Å². The predicted octanol–water partition coefficient (Wildman–Crippen LogP) is 4.61. The van der Waals surface area contributed by atoms with E-state index in [4.69, 9.17) is 0 Å². The fourth-order valence-corrected chi connectivity index (χ4v) is 4.59. The molecule has 1 heterocycles. The number of nitrogens with zero attached hydrogens (tertiary/aromatic N) is 2. The van der Waals surface area contributed by atoms with Crippen molar-refractivity contribution in [2.45, 2.75) is 32.2 Å². The van der Waals surface area contributed by atoms with Crippen LogP contribution in [0.5, 0.6) is 5.75 Å². The van der Waals surface area contributed by atoms with E-state index >= 15 is 0 Å². The molecule has 0 spiro atoms. The van der Waals surface area contributed by atoms with Crippen LogP contribution in [0.1, 0.15) is 18.9 Å². The molecule has 34 heavy (non-hydrogen) atoms. The normalized spacial score (nSPS) is 20.6. The molecule has 2 aromatic rings. The predicted molar refractivity (Wildman–Crippen MR) is 125 cm³/mol. The molecule has 1 aliphatic rings. The monoisotopic (exact) mass is 479 g/mol. The van der Waals surface area contributed by atoms with Gasteiger partial charge >= 0.3 is 12.4 Å². The molecule has 1 fully saturated rings. The number of benzene rings is 2. The van der Waals surface area contributed by atoms with Gasteiger partial charge in [0.25, 0.3) is 0 Å². The van der Waals surface area contributed by atoms with Crippen LogP contribution in [0.2, 0.25) is 0 Å². The van der Waals surface area contributed by atoms with Crippen molar-refractivity contribution in [1.82, 2.24) is 9.80 Å². The van der Waals surface area contributed by atoms with Gasteiger partial charge in [-0.15, -0.1) is 13.2 Å². The van der Waals surface area contributed by atoms with Gasteiger partial charge in [0.15, 0.2) is 0 Å². The van der Waals surface area contributed by atoms with Crippen molar-refractivity contribution < 1.29 is 27.8 Å². The zero-order valence-electron chi connectivity index (χ0n) is 19.5. The maximum atomic E-state index is 13.0. The van der Waals surface area contributed by atoms with E-state index in [1.165, 1.54) is 17.7 Å². The number of carbonyl (C=O) groups is 1. The average Bonchev–Trinajstić information content (AvgIpc) is 3.16. The van der Waals surface area contributed by atoms with Crippen molar-refractivity contribution in [3.05, 3.63) is 60.2 Å². The van der Waals surface area contributed by atoms with Gasteiger partial charge in [-0.1, -0.05) is 43.7 Å². The van der Waals surface area contributed by atoms with E-state index in [2.05, 4.69) is 41.1 Å². The molecule has 2 amide bonds. The Kier molecular flexibility index (Phi) is 8.79. The molecule has 0 radical (unpaired) electrons. The number of nitrogens with one attached hydrogen (secondary N) is 1. The SMILES string of the molecule is CC[C@@H]1CN(C(=O)Nc2ccc(OC(F)(F)F)cc2)[C@H](CO)[C@@H]1CN(C)CCc1ccccc1. The number of carbonyl (C=O) groups excluding carboxylic acids is 1. The minimum Gasteiger partial charge on any atom is -0.406 e. The lowest BCUT2D eigenvalue weighted by Gasteiger charge is -2.30. The molecule has 6 nitrogen and oxygen atoms in total. The highest BCUT2D eigenvalue weighted by Gasteiger charge is 2.43. The Hall–Kier alpha value is -2.78. The zero-order chi connectivity index (χ0) is 24.7. The Morgan fingerprint density at radius 1 is 1.18 bits per heavy atom. The van der Waals surface area contributed by atoms with Crippen LogP contribution >= 0.6 is 0 Å². The second kappa shape index (κ2) is 11.6. The van der Waals surface area contributed by atoms with Crippen LogP contribution in [0, 0.1) is 11.8 Å². The lowest BCUT2D eigenvalue weighted by Crippen LogP contribution is -2.45. The van der Waals surface area contributed by atoms with Gasteiger partial charge < -0.3 is 25.0 Å². The highest BCUT2D eigenvalue weighted by atomic mass is 19.4. The Morgan fingerprint density at radius 2 is 1.85 bits per heavy atom. The quantitative estimate of drug-likeness (QED) is 0.551. The lowest BCUT2D eigenvalue weighted by atomic mass is 9.88. The molecule has 2 aromatic carbocycles. The van der Waals surface area contributed by atoms with Crippen LogP contribution in [0.4, 0.5) is 23.7 Å². The fraction of sp³-hybridized carbons (Fsp3) is 0.480. The van der Waals surface area contributed by atoms with Gasteiger partial charge in [-0.3, -0.25) is 0 Å². The number of amides is 2. The second-order valence-corrected chi connectivity index (χ2v) is 8.73. The number of rotatable bonds is 9. The summed E-state index contributed by atoms with van der Waals surface area (Å²) in [5, 5.41) is 12.9. The summed E-state index contributed by atoms with van der Waals surface area (Å²) < 4.78 is 40.9. The zero-order valence-corrected chi connectivity index (χ0v) is 19.5. The molecule has 0 unspecified atom stereocenters. The molecule has 0 aliphatic carbocycles.